The molecule has 25 heavy (non-hydrogen) atoms. The van der Waals surface area contributed by atoms with E-state index in [-0.39, 0.29) is 5.82 Å². The maximum Gasteiger partial charge on any atom is 0.224 e. The Morgan fingerprint density at radius 2 is 1.88 bits per heavy atom. The molecule has 4 nitrogen and oxygen atoms in total. The molecule has 1 amide bonds. The molecule has 0 aromatic heterocycles. The summed E-state index contributed by atoms with van der Waals surface area (Å²) in [5.74, 6) is 0.157. The van der Waals surface area contributed by atoms with Crippen molar-refractivity contribution in [1.29, 1.82) is 0 Å². The van der Waals surface area contributed by atoms with Gasteiger partial charge in [-0.2, -0.15) is 0 Å². The van der Waals surface area contributed by atoms with Crippen molar-refractivity contribution in [2.24, 2.45) is 0 Å². The molecule has 0 saturated carbocycles. The first-order valence-corrected chi connectivity index (χ1v) is 9.70. The monoisotopic (exact) mass is 347 g/mol. The summed E-state index contributed by atoms with van der Waals surface area (Å²) in [5.41, 5.74) is 0.692. The van der Waals surface area contributed by atoms with Gasteiger partial charge in [-0.15, -0.1) is 0 Å². The largest absolute Gasteiger partial charge is 0.367 e. The molecule has 1 unspecified atom stereocenters. The predicted molar refractivity (Wildman–Crippen MR) is 99.3 cm³/mol. The summed E-state index contributed by atoms with van der Waals surface area (Å²) in [6, 6.07) is 7.41. The quantitative estimate of drug-likeness (QED) is 0.819. The number of carbonyl (C=O) groups is 1. The first-order chi connectivity index (χ1) is 12.2. The molecular formula is C20H30FN3O. The van der Waals surface area contributed by atoms with Crippen molar-refractivity contribution < 1.29 is 9.18 Å². The molecule has 2 saturated heterocycles. The van der Waals surface area contributed by atoms with Crippen molar-refractivity contribution in [3.63, 3.8) is 0 Å². The smallest absolute Gasteiger partial charge is 0.224 e. The number of benzene rings is 1. The molecule has 0 N–H and O–H groups in total. The highest BCUT2D eigenvalue weighted by atomic mass is 19.1. The zero-order valence-electron chi connectivity index (χ0n) is 15.3. The van der Waals surface area contributed by atoms with E-state index in [2.05, 4.69) is 21.6 Å². The standard InChI is InChI=1S/C20H30FN3O/c1-2-17-7-5-6-11-24(17)20(25)10-12-22-13-15-23(16-14-22)19-9-4-3-8-18(19)21/h3-4,8-9,17H,2,5-7,10-16H2,1H3. The van der Waals surface area contributed by atoms with E-state index >= 15 is 0 Å². The summed E-state index contributed by atoms with van der Waals surface area (Å²) in [6.07, 6.45) is 5.22. The lowest BCUT2D eigenvalue weighted by Gasteiger charge is -2.38. The van der Waals surface area contributed by atoms with Crippen LogP contribution in [0, 0.1) is 5.82 Å². The van der Waals surface area contributed by atoms with Gasteiger partial charge in [-0.1, -0.05) is 19.1 Å². The summed E-state index contributed by atoms with van der Waals surface area (Å²) in [5, 5.41) is 0. The van der Waals surface area contributed by atoms with Crippen LogP contribution >= 0.6 is 0 Å². The predicted octanol–water partition coefficient (Wildman–Crippen LogP) is 3.13. The number of piperazine rings is 1. The Bertz CT molecular complexity index is 572. The number of piperidine rings is 1. The minimum Gasteiger partial charge on any atom is -0.367 e. The summed E-state index contributed by atoms with van der Waals surface area (Å²) >= 11 is 0. The molecule has 2 heterocycles. The number of carbonyl (C=O) groups excluding carboxylic acids is 1. The van der Waals surface area contributed by atoms with E-state index in [0.717, 1.165) is 58.5 Å². The van der Waals surface area contributed by atoms with Crippen LogP contribution in [0.4, 0.5) is 10.1 Å². The number of halogens is 1. The first kappa shape index (κ1) is 18.2. The van der Waals surface area contributed by atoms with Crippen LogP contribution in [0.15, 0.2) is 24.3 Å². The second-order valence-corrected chi connectivity index (χ2v) is 7.18. The maximum atomic E-state index is 13.9. The van der Waals surface area contributed by atoms with Gasteiger partial charge in [0.15, 0.2) is 0 Å². The van der Waals surface area contributed by atoms with Crippen LogP contribution in [0.3, 0.4) is 0 Å². The lowest BCUT2D eigenvalue weighted by molar-refractivity contribution is -0.135. The van der Waals surface area contributed by atoms with Gasteiger partial charge in [-0.25, -0.2) is 4.39 Å². The summed E-state index contributed by atoms with van der Waals surface area (Å²) in [4.78, 5) is 19.1. The summed E-state index contributed by atoms with van der Waals surface area (Å²) in [6.45, 7) is 7.33. The zero-order valence-corrected chi connectivity index (χ0v) is 15.3. The van der Waals surface area contributed by atoms with Crippen molar-refractivity contribution in [2.45, 2.75) is 45.1 Å². The third kappa shape index (κ3) is 4.51. The molecule has 138 valence electrons. The molecular weight excluding hydrogens is 317 g/mol. The van der Waals surface area contributed by atoms with E-state index in [1.807, 2.05) is 12.1 Å². The van der Waals surface area contributed by atoms with Crippen molar-refractivity contribution >= 4 is 11.6 Å². The zero-order chi connectivity index (χ0) is 17.6. The third-order valence-electron chi connectivity index (χ3n) is 5.63. The van der Waals surface area contributed by atoms with Crippen LogP contribution in [0.5, 0.6) is 0 Å². The van der Waals surface area contributed by atoms with Gasteiger partial charge in [0.05, 0.1) is 5.69 Å². The first-order valence-electron chi connectivity index (χ1n) is 9.70. The lowest BCUT2D eigenvalue weighted by atomic mass is 9.99. The number of likely N-dealkylation sites (tertiary alicyclic amines) is 1. The minimum absolute atomic E-state index is 0.151. The second kappa shape index (κ2) is 8.65. The second-order valence-electron chi connectivity index (χ2n) is 7.18. The van der Waals surface area contributed by atoms with Gasteiger partial charge in [0.25, 0.3) is 0 Å². The highest BCUT2D eigenvalue weighted by molar-refractivity contribution is 5.76. The van der Waals surface area contributed by atoms with Crippen molar-refractivity contribution in [1.82, 2.24) is 9.80 Å². The van der Waals surface area contributed by atoms with Crippen LogP contribution in [0.2, 0.25) is 0 Å². The number of rotatable bonds is 5. The Morgan fingerprint density at radius 3 is 2.60 bits per heavy atom. The molecule has 2 fully saturated rings. The molecule has 0 aliphatic carbocycles. The summed E-state index contributed by atoms with van der Waals surface area (Å²) in [7, 11) is 0. The van der Waals surface area contributed by atoms with Gasteiger partial charge in [0.2, 0.25) is 5.91 Å². The highest BCUT2D eigenvalue weighted by Gasteiger charge is 2.26. The number of hydrogen-bond acceptors (Lipinski definition) is 3. The molecule has 1 atom stereocenters. The fourth-order valence-electron chi connectivity index (χ4n) is 4.07. The maximum absolute atomic E-state index is 13.9. The number of para-hydroxylation sites is 1. The number of amides is 1. The Hall–Kier alpha value is -1.62. The van der Waals surface area contributed by atoms with E-state index < -0.39 is 0 Å². The Labute approximate surface area is 150 Å². The molecule has 2 aliphatic rings. The van der Waals surface area contributed by atoms with E-state index in [9.17, 15) is 9.18 Å². The van der Waals surface area contributed by atoms with Crippen LogP contribution < -0.4 is 4.90 Å². The van der Waals surface area contributed by atoms with E-state index in [1.165, 1.54) is 12.5 Å². The number of nitrogens with zero attached hydrogens (tertiary/aromatic N) is 3. The van der Waals surface area contributed by atoms with Gasteiger partial charge >= 0.3 is 0 Å². The molecule has 5 heteroatoms. The number of anilines is 1. The molecule has 0 spiro atoms. The Morgan fingerprint density at radius 1 is 1.12 bits per heavy atom. The Kier molecular flexibility index (Phi) is 6.29. The fraction of sp³-hybridized carbons (Fsp3) is 0.650. The van der Waals surface area contributed by atoms with Gasteiger partial charge in [0.1, 0.15) is 5.82 Å². The molecule has 2 aliphatic heterocycles. The van der Waals surface area contributed by atoms with Crippen molar-refractivity contribution in [3.8, 4) is 0 Å². The van der Waals surface area contributed by atoms with Crippen LogP contribution in [0.25, 0.3) is 0 Å². The highest BCUT2D eigenvalue weighted by Crippen LogP contribution is 2.22. The van der Waals surface area contributed by atoms with E-state index in [4.69, 9.17) is 0 Å². The van der Waals surface area contributed by atoms with Gasteiger partial charge in [-0.3, -0.25) is 9.69 Å². The topological polar surface area (TPSA) is 26.8 Å². The SMILES string of the molecule is CCC1CCCCN1C(=O)CCN1CCN(c2ccccc2F)CC1. The van der Waals surface area contributed by atoms with Gasteiger partial charge < -0.3 is 9.80 Å². The third-order valence-corrected chi connectivity index (χ3v) is 5.63. The summed E-state index contributed by atoms with van der Waals surface area (Å²) < 4.78 is 13.9. The van der Waals surface area contributed by atoms with E-state index in [1.54, 1.807) is 6.07 Å². The average Bonchev–Trinajstić information content (AvgIpc) is 2.67. The van der Waals surface area contributed by atoms with Crippen molar-refractivity contribution in [2.75, 3.05) is 44.2 Å². The molecule has 1 aromatic carbocycles. The molecule has 1 aromatic rings. The van der Waals surface area contributed by atoms with Gasteiger partial charge in [-0.05, 0) is 37.8 Å². The van der Waals surface area contributed by atoms with Crippen LogP contribution in [-0.2, 0) is 4.79 Å². The minimum atomic E-state index is -0.151. The molecule has 3 rings (SSSR count). The normalized spacial score (nSPS) is 22.2. The van der Waals surface area contributed by atoms with Crippen LogP contribution in [0.1, 0.15) is 39.0 Å². The molecule has 0 radical (unpaired) electrons. The van der Waals surface area contributed by atoms with Crippen LogP contribution in [-0.4, -0.2) is 61.0 Å². The fourth-order valence-corrected chi connectivity index (χ4v) is 4.07. The number of hydrogen-bond donors (Lipinski definition) is 0. The average molecular weight is 347 g/mol. The molecule has 0 bridgehead atoms. The van der Waals surface area contributed by atoms with Crippen molar-refractivity contribution in [3.05, 3.63) is 30.1 Å². The lowest BCUT2D eigenvalue weighted by Crippen LogP contribution is -2.48. The Balaban J connectivity index is 1.45. The van der Waals surface area contributed by atoms with E-state index in [0.29, 0.717) is 24.1 Å². The van der Waals surface area contributed by atoms with Gasteiger partial charge in [0, 0.05) is 51.7 Å².